The quantitative estimate of drug-likeness (QED) is 0.113. The summed E-state index contributed by atoms with van der Waals surface area (Å²) in [5.74, 6) is 0.332. The van der Waals surface area contributed by atoms with Crippen molar-refractivity contribution in [2.45, 2.75) is 114 Å². The molecule has 4 aromatic heterocycles. The van der Waals surface area contributed by atoms with Gasteiger partial charge in [-0.25, -0.2) is 38.2 Å². The highest BCUT2D eigenvalue weighted by atomic mass is 19.1. The van der Waals surface area contributed by atoms with Gasteiger partial charge in [-0.3, -0.25) is 19.8 Å². The van der Waals surface area contributed by atoms with Crippen molar-refractivity contribution in [3.63, 3.8) is 0 Å². The first-order valence-electron chi connectivity index (χ1n) is 23.8. The van der Waals surface area contributed by atoms with Crippen LogP contribution in [0.4, 0.5) is 30.8 Å². The molecule has 20 heteroatoms. The molecular weight excluding hydrogens is 865 g/mol. The predicted molar refractivity (Wildman–Crippen MR) is 244 cm³/mol. The SMILES string of the molecule is CC(C)n1nc(-c2noc(C3CC3)c2-c2ncc(C3CCN(C(=O)OC4CCC(CCN5CCN(c6c(F)cc(NC7CCC(=O)NC7=O)cc6F)CC5)CC4)CC3)cn2)c2c(N)ncnc21. The minimum Gasteiger partial charge on any atom is -0.446 e. The molecule has 2 saturated carbocycles. The minimum absolute atomic E-state index is 0.0249. The number of piperidine rings is 2. The Morgan fingerprint density at radius 3 is 2.28 bits per heavy atom. The van der Waals surface area contributed by atoms with E-state index in [2.05, 4.69) is 30.7 Å². The summed E-state index contributed by atoms with van der Waals surface area (Å²) in [6.45, 7) is 8.53. The average Bonchev–Trinajstić information content (AvgIpc) is 3.95. The number of nitrogens with two attached hydrogens (primary N) is 1. The van der Waals surface area contributed by atoms with Gasteiger partial charge >= 0.3 is 6.09 Å². The van der Waals surface area contributed by atoms with Gasteiger partial charge in [0.25, 0.3) is 0 Å². The van der Waals surface area contributed by atoms with Crippen molar-refractivity contribution in [1.82, 2.24) is 50.0 Å². The first-order valence-corrected chi connectivity index (χ1v) is 23.8. The number of benzene rings is 1. The molecule has 1 atom stereocenters. The fraction of sp³-hybridized carbons (Fsp3) is 0.553. The van der Waals surface area contributed by atoms with Gasteiger partial charge in [-0.15, -0.1) is 0 Å². The van der Waals surface area contributed by atoms with Gasteiger partial charge < -0.3 is 30.1 Å². The highest BCUT2D eigenvalue weighted by Gasteiger charge is 2.37. The zero-order valence-corrected chi connectivity index (χ0v) is 37.9. The third-order valence-electron chi connectivity index (χ3n) is 14.2. The third kappa shape index (κ3) is 9.36. The van der Waals surface area contributed by atoms with Crippen LogP contribution < -0.4 is 21.3 Å². The number of nitrogens with zero attached hydrogens (tertiary/aromatic N) is 10. The van der Waals surface area contributed by atoms with E-state index in [0.29, 0.717) is 79.2 Å². The number of fused-ring (bicyclic) bond motifs is 1. The number of nitrogen functional groups attached to an aromatic ring is 1. The Morgan fingerprint density at radius 2 is 1.61 bits per heavy atom. The number of carbonyl (C=O) groups is 3. The molecule has 0 spiro atoms. The molecule has 3 amide bonds. The Hall–Kier alpha value is -6.31. The number of amides is 3. The summed E-state index contributed by atoms with van der Waals surface area (Å²) in [6.07, 6.45) is 13.5. The first-order chi connectivity index (χ1) is 32.5. The van der Waals surface area contributed by atoms with Gasteiger partial charge in [0, 0.05) is 75.7 Å². The molecule has 0 bridgehead atoms. The first kappa shape index (κ1) is 44.5. The van der Waals surface area contributed by atoms with Crippen LogP contribution in [0.1, 0.15) is 114 Å². The molecule has 3 aliphatic heterocycles. The maximum Gasteiger partial charge on any atom is 0.410 e. The lowest BCUT2D eigenvalue weighted by Crippen LogP contribution is -2.48. The summed E-state index contributed by atoms with van der Waals surface area (Å²) in [7, 11) is 0. The zero-order chi connectivity index (χ0) is 46.3. The number of hydrogen-bond donors (Lipinski definition) is 3. The van der Waals surface area contributed by atoms with Gasteiger partial charge in [-0.05, 0) is 114 Å². The normalized spacial score (nSPS) is 22.1. The monoisotopic (exact) mass is 921 g/mol. The van der Waals surface area contributed by atoms with Crippen molar-refractivity contribution in [1.29, 1.82) is 0 Å². The standard InChI is InChI=1S/C47H57F2N13O5/c1-26(2)62-45-38(43(50)53-25-54-45)39(57-62)40-37(42(67-58-40)29-5-6-29)44-51-23-30(24-52-44)28-12-15-61(16-13-28)47(65)66-32-7-3-27(4-8-32)11-14-59-17-19-60(20-18-59)41-33(48)21-31(22-34(41)49)55-35-9-10-36(63)56-46(35)64/h21-29,32,35,55H,3-20H2,1-2H3,(H2,50,53,54)(H,56,63,64). The van der Waals surface area contributed by atoms with Gasteiger partial charge in [0.1, 0.15) is 41.4 Å². The number of aromatic nitrogens is 7. The van der Waals surface area contributed by atoms with Crippen molar-refractivity contribution in [3.05, 3.63) is 53.8 Å². The third-order valence-corrected chi connectivity index (χ3v) is 14.2. The number of piperazine rings is 1. The summed E-state index contributed by atoms with van der Waals surface area (Å²) < 4.78 is 44.3. The summed E-state index contributed by atoms with van der Waals surface area (Å²) in [5, 5.41) is 15.1. The Morgan fingerprint density at radius 1 is 0.896 bits per heavy atom. The topological polar surface area (TPSA) is 216 Å². The molecule has 67 heavy (non-hydrogen) atoms. The van der Waals surface area contributed by atoms with Crippen LogP contribution in [0, 0.1) is 17.6 Å². The van der Waals surface area contributed by atoms with E-state index in [1.807, 2.05) is 35.8 Å². The van der Waals surface area contributed by atoms with E-state index in [0.717, 1.165) is 81.2 Å². The second-order valence-corrected chi connectivity index (χ2v) is 19.1. The van der Waals surface area contributed by atoms with E-state index in [9.17, 15) is 14.4 Å². The number of anilines is 3. The zero-order valence-electron chi connectivity index (χ0n) is 37.9. The van der Waals surface area contributed by atoms with Gasteiger partial charge in [-0.2, -0.15) is 5.10 Å². The van der Waals surface area contributed by atoms with Crippen LogP contribution >= 0.6 is 0 Å². The molecule has 10 rings (SSSR count). The fourth-order valence-electron chi connectivity index (χ4n) is 10.2. The van der Waals surface area contributed by atoms with Gasteiger partial charge in [0.05, 0.1) is 10.9 Å². The Bertz CT molecular complexity index is 2610. The van der Waals surface area contributed by atoms with Crippen LogP contribution in [0.25, 0.3) is 33.8 Å². The Balaban J connectivity index is 0.667. The second-order valence-electron chi connectivity index (χ2n) is 19.1. The van der Waals surface area contributed by atoms with Crippen molar-refractivity contribution < 1.29 is 32.4 Å². The fourth-order valence-corrected chi connectivity index (χ4v) is 10.2. The summed E-state index contributed by atoms with van der Waals surface area (Å²) in [6, 6.07) is 1.72. The summed E-state index contributed by atoms with van der Waals surface area (Å²) >= 11 is 0. The number of likely N-dealkylation sites (tertiary alicyclic amines) is 1. The lowest BCUT2D eigenvalue weighted by atomic mass is 9.85. The molecule has 4 N–H and O–H groups in total. The highest BCUT2D eigenvalue weighted by molar-refractivity contribution is 6.02. The molecule has 7 heterocycles. The van der Waals surface area contributed by atoms with E-state index in [4.69, 9.17) is 30.1 Å². The number of nitrogens with one attached hydrogen (secondary N) is 2. The van der Waals surface area contributed by atoms with Crippen LogP contribution in [0.3, 0.4) is 0 Å². The number of ether oxygens (including phenoxy) is 1. The van der Waals surface area contributed by atoms with Gasteiger partial charge in [0.15, 0.2) is 28.9 Å². The lowest BCUT2D eigenvalue weighted by Gasteiger charge is -2.37. The molecule has 2 aliphatic carbocycles. The molecule has 5 aromatic rings. The number of rotatable bonds is 12. The van der Waals surface area contributed by atoms with Crippen LogP contribution in [-0.2, 0) is 14.3 Å². The van der Waals surface area contributed by atoms with Crippen molar-refractivity contribution >= 4 is 46.1 Å². The van der Waals surface area contributed by atoms with E-state index in [1.165, 1.54) is 18.5 Å². The number of imide groups is 1. The summed E-state index contributed by atoms with van der Waals surface area (Å²) in [5.41, 5.74) is 9.91. The molecule has 18 nitrogen and oxygen atoms in total. The Kier molecular flexibility index (Phi) is 12.5. The molecule has 354 valence electrons. The van der Waals surface area contributed by atoms with Crippen molar-refractivity contribution in [3.8, 4) is 22.8 Å². The molecular formula is C47H57F2N13O5. The highest BCUT2D eigenvalue weighted by Crippen LogP contribution is 2.48. The molecule has 5 fully saturated rings. The maximum absolute atomic E-state index is 15.2. The smallest absolute Gasteiger partial charge is 0.410 e. The molecule has 3 saturated heterocycles. The molecule has 1 aromatic carbocycles. The van der Waals surface area contributed by atoms with Crippen LogP contribution in [0.5, 0.6) is 0 Å². The maximum atomic E-state index is 15.2. The van der Waals surface area contributed by atoms with Crippen LogP contribution in [-0.4, -0.2) is 121 Å². The largest absolute Gasteiger partial charge is 0.446 e. The summed E-state index contributed by atoms with van der Waals surface area (Å²) in [4.78, 5) is 61.2. The average molecular weight is 922 g/mol. The number of hydrogen-bond acceptors (Lipinski definition) is 15. The predicted octanol–water partition coefficient (Wildman–Crippen LogP) is 6.56. The minimum atomic E-state index is -0.725. The van der Waals surface area contributed by atoms with Gasteiger partial charge in [-0.1, -0.05) is 5.16 Å². The molecule has 0 radical (unpaired) electrons. The van der Waals surface area contributed by atoms with E-state index in [1.54, 1.807) is 4.90 Å². The number of carbonyl (C=O) groups excluding carboxylic acids is 3. The van der Waals surface area contributed by atoms with Crippen molar-refractivity contribution in [2.24, 2.45) is 5.92 Å². The Labute approximate surface area is 386 Å². The van der Waals surface area contributed by atoms with Gasteiger partial charge in [0.2, 0.25) is 11.8 Å². The van der Waals surface area contributed by atoms with E-state index < -0.39 is 23.6 Å². The van der Waals surface area contributed by atoms with E-state index >= 15 is 8.78 Å². The lowest BCUT2D eigenvalue weighted by molar-refractivity contribution is -0.133. The van der Waals surface area contributed by atoms with E-state index in [-0.39, 0.29) is 60.2 Å². The molecule has 5 aliphatic rings. The second kappa shape index (κ2) is 18.8. The van der Waals surface area contributed by atoms with Crippen molar-refractivity contribution in [2.75, 3.05) is 61.8 Å². The van der Waals surface area contributed by atoms with Crippen LogP contribution in [0.15, 0.2) is 35.4 Å². The molecule has 1 unspecified atom stereocenters. The number of halogens is 2. The van der Waals surface area contributed by atoms with Crippen LogP contribution in [0.2, 0.25) is 0 Å².